The number of aliphatic hydroxyl groups is 1. The van der Waals surface area contributed by atoms with Crippen LogP contribution in [-0.4, -0.2) is 31.9 Å². The van der Waals surface area contributed by atoms with Crippen molar-refractivity contribution in [3.63, 3.8) is 0 Å². The van der Waals surface area contributed by atoms with Crippen LogP contribution in [0.15, 0.2) is 34.5 Å². The van der Waals surface area contributed by atoms with Crippen molar-refractivity contribution >= 4 is 13.6 Å². The van der Waals surface area contributed by atoms with Crippen LogP contribution in [0.4, 0.5) is 0 Å². The van der Waals surface area contributed by atoms with E-state index >= 15 is 0 Å². The number of fused-ring (bicyclic) bond motifs is 1. The Morgan fingerprint density at radius 2 is 1.92 bits per heavy atom. The summed E-state index contributed by atoms with van der Waals surface area (Å²) < 4.78 is 5.44. The number of aliphatic hydroxyl groups excluding tert-OH is 1. The molecule has 0 spiro atoms. The molecule has 3 nitrogen and oxygen atoms in total. The summed E-state index contributed by atoms with van der Waals surface area (Å²) in [5, 5.41) is 11.8. The molecule has 0 saturated heterocycles. The average Bonchev–Trinajstić information content (AvgIpc) is 2.81. The van der Waals surface area contributed by atoms with E-state index in [1.54, 1.807) is 7.11 Å². The number of hydrogen-bond donors (Lipinski definition) is 2. The third-order valence-electron chi connectivity index (χ3n) is 5.85. The summed E-state index contributed by atoms with van der Waals surface area (Å²) >= 11 is 0. The number of rotatable bonds is 3. The zero-order valence-electron chi connectivity index (χ0n) is 16.4. The molecule has 25 heavy (non-hydrogen) atoms. The van der Waals surface area contributed by atoms with Gasteiger partial charge in [0.15, 0.2) is 0 Å². The molecule has 0 amide bonds. The molecular formula is C21H31NO2Si. The molecule has 1 aromatic carbocycles. The van der Waals surface area contributed by atoms with Crippen LogP contribution in [0.5, 0.6) is 5.75 Å². The molecule has 2 aliphatic rings. The number of methoxy groups -OCH3 is 1. The SMILES string of the molecule is COc1ccc(C2=C([Si](C)(C)C)C[C@@]3(N)C[C@@H](O)CC3=C2C)cc1C. The highest BCUT2D eigenvalue weighted by atomic mass is 28.3. The van der Waals surface area contributed by atoms with Crippen LogP contribution in [0.25, 0.3) is 5.57 Å². The van der Waals surface area contributed by atoms with Crippen LogP contribution < -0.4 is 10.5 Å². The van der Waals surface area contributed by atoms with Crippen molar-refractivity contribution < 1.29 is 9.84 Å². The molecule has 4 heteroatoms. The minimum Gasteiger partial charge on any atom is -0.496 e. The van der Waals surface area contributed by atoms with E-state index in [0.29, 0.717) is 12.8 Å². The molecule has 1 saturated carbocycles. The topological polar surface area (TPSA) is 55.5 Å². The second-order valence-electron chi connectivity index (χ2n) is 8.79. The van der Waals surface area contributed by atoms with E-state index in [9.17, 15) is 5.11 Å². The number of ether oxygens (including phenoxy) is 1. The number of allylic oxidation sites excluding steroid dienone is 2. The van der Waals surface area contributed by atoms with E-state index in [-0.39, 0.29) is 11.6 Å². The molecule has 136 valence electrons. The van der Waals surface area contributed by atoms with E-state index in [2.05, 4.69) is 51.7 Å². The fraction of sp³-hybridized carbons (Fsp3) is 0.524. The third-order valence-corrected chi connectivity index (χ3v) is 8.09. The first-order valence-electron chi connectivity index (χ1n) is 9.13. The summed E-state index contributed by atoms with van der Waals surface area (Å²) in [5.74, 6) is 0.921. The van der Waals surface area contributed by atoms with Gasteiger partial charge in [-0.15, -0.1) is 0 Å². The van der Waals surface area contributed by atoms with Gasteiger partial charge in [0.2, 0.25) is 0 Å². The average molecular weight is 358 g/mol. The summed E-state index contributed by atoms with van der Waals surface area (Å²) in [6.07, 6.45) is 1.96. The quantitative estimate of drug-likeness (QED) is 0.797. The first kappa shape index (κ1) is 18.4. The number of hydrogen-bond acceptors (Lipinski definition) is 3. The monoisotopic (exact) mass is 357 g/mol. The van der Waals surface area contributed by atoms with Crippen LogP contribution in [-0.2, 0) is 0 Å². The van der Waals surface area contributed by atoms with Gasteiger partial charge in [0, 0.05) is 5.54 Å². The number of benzene rings is 1. The molecule has 2 aliphatic carbocycles. The van der Waals surface area contributed by atoms with Crippen molar-refractivity contribution in [3.05, 3.63) is 45.7 Å². The van der Waals surface area contributed by atoms with E-state index in [1.807, 2.05) is 0 Å². The van der Waals surface area contributed by atoms with E-state index < -0.39 is 8.07 Å². The summed E-state index contributed by atoms with van der Waals surface area (Å²) in [5.41, 5.74) is 12.8. The van der Waals surface area contributed by atoms with Gasteiger partial charge in [-0.2, -0.15) is 0 Å². The summed E-state index contributed by atoms with van der Waals surface area (Å²) in [7, 11) is 0.154. The van der Waals surface area contributed by atoms with Gasteiger partial charge in [0.25, 0.3) is 0 Å². The molecule has 2 atom stereocenters. The van der Waals surface area contributed by atoms with Crippen LogP contribution >= 0.6 is 0 Å². The minimum atomic E-state index is -1.56. The van der Waals surface area contributed by atoms with Gasteiger partial charge >= 0.3 is 0 Å². The Labute approximate surface area is 152 Å². The second kappa shape index (κ2) is 6.11. The number of aryl methyl sites for hydroxylation is 1. The molecule has 3 rings (SSSR count). The Kier molecular flexibility index (Phi) is 4.51. The van der Waals surface area contributed by atoms with Crippen molar-refractivity contribution in [1.82, 2.24) is 0 Å². The second-order valence-corrected chi connectivity index (χ2v) is 13.9. The predicted octanol–water partition coefficient (Wildman–Crippen LogP) is 4.21. The summed E-state index contributed by atoms with van der Waals surface area (Å²) in [6.45, 7) is 11.5. The van der Waals surface area contributed by atoms with Gasteiger partial charge in [-0.1, -0.05) is 30.9 Å². The Bertz CT molecular complexity index is 773. The van der Waals surface area contributed by atoms with Gasteiger partial charge in [0.05, 0.1) is 21.3 Å². The summed E-state index contributed by atoms with van der Waals surface area (Å²) in [6, 6.07) is 6.46. The lowest BCUT2D eigenvalue weighted by molar-refractivity contribution is 0.174. The Morgan fingerprint density at radius 1 is 1.24 bits per heavy atom. The van der Waals surface area contributed by atoms with E-state index in [0.717, 1.165) is 17.7 Å². The Hall–Kier alpha value is -1.36. The summed E-state index contributed by atoms with van der Waals surface area (Å²) in [4.78, 5) is 0. The van der Waals surface area contributed by atoms with E-state index in [1.165, 1.54) is 27.5 Å². The molecule has 0 unspecified atom stereocenters. The van der Waals surface area contributed by atoms with Gasteiger partial charge < -0.3 is 15.6 Å². The van der Waals surface area contributed by atoms with Crippen LogP contribution in [0.3, 0.4) is 0 Å². The smallest absolute Gasteiger partial charge is 0.121 e. The molecule has 0 aliphatic heterocycles. The lowest BCUT2D eigenvalue weighted by atomic mass is 9.78. The van der Waals surface area contributed by atoms with Crippen LogP contribution in [0.1, 0.15) is 37.3 Å². The van der Waals surface area contributed by atoms with Crippen molar-refractivity contribution in [1.29, 1.82) is 0 Å². The lowest BCUT2D eigenvalue weighted by Crippen LogP contribution is -2.45. The molecule has 3 N–H and O–H groups in total. The Morgan fingerprint density at radius 3 is 2.48 bits per heavy atom. The normalized spacial score (nSPS) is 27.0. The zero-order chi connectivity index (χ0) is 18.6. The molecular weight excluding hydrogens is 326 g/mol. The molecule has 0 radical (unpaired) electrons. The maximum absolute atomic E-state index is 10.3. The number of nitrogens with two attached hydrogens (primary N) is 1. The molecule has 1 fully saturated rings. The molecule has 0 aromatic heterocycles. The largest absolute Gasteiger partial charge is 0.496 e. The first-order valence-corrected chi connectivity index (χ1v) is 12.6. The first-order chi connectivity index (χ1) is 11.6. The van der Waals surface area contributed by atoms with E-state index in [4.69, 9.17) is 10.5 Å². The molecule has 1 aromatic rings. The van der Waals surface area contributed by atoms with Crippen molar-refractivity contribution in [2.75, 3.05) is 7.11 Å². The minimum absolute atomic E-state index is 0.310. The highest BCUT2D eigenvalue weighted by molar-refractivity contribution is 6.84. The van der Waals surface area contributed by atoms with Gasteiger partial charge in [0.1, 0.15) is 5.75 Å². The maximum Gasteiger partial charge on any atom is 0.121 e. The van der Waals surface area contributed by atoms with Crippen molar-refractivity contribution in [2.45, 2.75) is 64.4 Å². The van der Waals surface area contributed by atoms with Gasteiger partial charge in [-0.25, -0.2) is 0 Å². The predicted molar refractivity (Wildman–Crippen MR) is 107 cm³/mol. The van der Waals surface area contributed by atoms with Crippen LogP contribution in [0.2, 0.25) is 19.6 Å². The molecule has 0 heterocycles. The van der Waals surface area contributed by atoms with Crippen molar-refractivity contribution in [3.8, 4) is 5.75 Å². The van der Waals surface area contributed by atoms with Gasteiger partial charge in [-0.3, -0.25) is 0 Å². The lowest BCUT2D eigenvalue weighted by Gasteiger charge is -2.40. The molecule has 0 bridgehead atoms. The fourth-order valence-electron chi connectivity index (χ4n) is 4.61. The Balaban J connectivity index is 2.22. The highest BCUT2D eigenvalue weighted by Crippen LogP contribution is 2.50. The standard InChI is InChI=1S/C21H31NO2Si/c1-13-9-15(7-8-18(13)24-3)20-14(2)17-10-16(23)11-21(17,22)12-19(20)25(4,5)6/h7-9,16,23H,10-12,22H2,1-6H3/t16-,21-/m0/s1. The fourth-order valence-corrected chi connectivity index (χ4v) is 6.53. The third kappa shape index (κ3) is 3.11. The van der Waals surface area contributed by atoms with Gasteiger partial charge in [-0.05, 0) is 73.1 Å². The van der Waals surface area contributed by atoms with Crippen molar-refractivity contribution in [2.24, 2.45) is 5.73 Å². The highest BCUT2D eigenvalue weighted by Gasteiger charge is 2.46. The maximum atomic E-state index is 10.3. The van der Waals surface area contributed by atoms with Crippen LogP contribution in [0, 0.1) is 6.92 Å². The zero-order valence-corrected chi connectivity index (χ0v) is 17.4.